The predicted octanol–water partition coefficient (Wildman–Crippen LogP) is 3.10. The zero-order chi connectivity index (χ0) is 14.3. The van der Waals surface area contributed by atoms with E-state index in [2.05, 4.69) is 78.3 Å². The fraction of sp³-hybridized carbons (Fsp3) is 0.533. The number of rotatable bonds is 7. The van der Waals surface area contributed by atoms with Crippen molar-refractivity contribution >= 4 is 28.5 Å². The van der Waals surface area contributed by atoms with Gasteiger partial charge in [-0.1, -0.05) is 26.0 Å². The zero-order valence-corrected chi connectivity index (χ0v) is 14.0. The number of hydrogen-bond acceptors (Lipinski definition) is 2. The molecule has 1 amide bonds. The molecule has 0 aliphatic rings. The number of amides is 1. The topological polar surface area (TPSA) is 41.1 Å². The maximum atomic E-state index is 11.6. The van der Waals surface area contributed by atoms with E-state index in [-0.39, 0.29) is 11.9 Å². The molecule has 4 heteroatoms. The standard InChI is InChI=1S/C15H23IN2O/c1-11(2)10-18-15(19)8-9-17-12(3)13-4-6-14(16)7-5-13/h4-7,11-12,17H,8-10H2,1-3H3,(H,18,19). The smallest absolute Gasteiger partial charge is 0.221 e. The highest BCUT2D eigenvalue weighted by atomic mass is 127. The first-order valence-electron chi connectivity index (χ1n) is 6.74. The van der Waals surface area contributed by atoms with Gasteiger partial charge >= 0.3 is 0 Å². The Kier molecular flexibility index (Phi) is 7.38. The first-order valence-corrected chi connectivity index (χ1v) is 7.82. The highest BCUT2D eigenvalue weighted by molar-refractivity contribution is 14.1. The molecule has 0 saturated carbocycles. The van der Waals surface area contributed by atoms with Crippen LogP contribution in [0.3, 0.4) is 0 Å². The highest BCUT2D eigenvalue weighted by Crippen LogP contribution is 2.14. The number of nitrogens with one attached hydrogen (secondary N) is 2. The number of benzene rings is 1. The molecule has 19 heavy (non-hydrogen) atoms. The molecule has 0 saturated heterocycles. The minimum absolute atomic E-state index is 0.121. The van der Waals surface area contributed by atoms with Crippen LogP contribution in [0.1, 0.15) is 38.8 Å². The Morgan fingerprint density at radius 2 is 1.84 bits per heavy atom. The first-order chi connectivity index (χ1) is 8.99. The van der Waals surface area contributed by atoms with Crippen molar-refractivity contribution in [3.05, 3.63) is 33.4 Å². The van der Waals surface area contributed by atoms with Crippen LogP contribution in [0, 0.1) is 9.49 Å². The monoisotopic (exact) mass is 374 g/mol. The Hall–Kier alpha value is -0.620. The van der Waals surface area contributed by atoms with Gasteiger partial charge in [0.2, 0.25) is 5.91 Å². The van der Waals surface area contributed by atoms with Gasteiger partial charge < -0.3 is 10.6 Å². The second-order valence-electron chi connectivity index (χ2n) is 5.18. The van der Waals surface area contributed by atoms with E-state index in [9.17, 15) is 4.79 Å². The predicted molar refractivity (Wildman–Crippen MR) is 88.0 cm³/mol. The summed E-state index contributed by atoms with van der Waals surface area (Å²) in [7, 11) is 0. The first kappa shape index (κ1) is 16.4. The van der Waals surface area contributed by atoms with Gasteiger partial charge in [-0.15, -0.1) is 0 Å². The molecule has 0 aromatic heterocycles. The van der Waals surface area contributed by atoms with Crippen LogP contribution in [-0.4, -0.2) is 19.0 Å². The molecular weight excluding hydrogens is 351 g/mol. The van der Waals surface area contributed by atoms with Crippen molar-refractivity contribution in [2.75, 3.05) is 13.1 Å². The average Bonchev–Trinajstić information content (AvgIpc) is 2.37. The molecule has 0 spiro atoms. The lowest BCUT2D eigenvalue weighted by Crippen LogP contribution is -2.31. The quantitative estimate of drug-likeness (QED) is 0.721. The van der Waals surface area contributed by atoms with Gasteiger partial charge in [-0.2, -0.15) is 0 Å². The third kappa shape index (κ3) is 6.92. The molecule has 0 heterocycles. The fourth-order valence-electron chi connectivity index (χ4n) is 1.68. The highest BCUT2D eigenvalue weighted by Gasteiger charge is 2.06. The molecule has 1 rings (SSSR count). The molecule has 1 atom stereocenters. The molecular formula is C15H23IN2O. The van der Waals surface area contributed by atoms with E-state index in [1.165, 1.54) is 9.13 Å². The molecule has 1 aromatic rings. The summed E-state index contributed by atoms with van der Waals surface area (Å²) in [5.41, 5.74) is 1.25. The number of carbonyl (C=O) groups excluding carboxylic acids is 1. The van der Waals surface area contributed by atoms with Crippen molar-refractivity contribution in [2.24, 2.45) is 5.92 Å². The Balaban J connectivity index is 2.25. The van der Waals surface area contributed by atoms with Crippen LogP contribution >= 0.6 is 22.6 Å². The lowest BCUT2D eigenvalue weighted by Gasteiger charge is -2.14. The van der Waals surface area contributed by atoms with Crippen molar-refractivity contribution in [1.29, 1.82) is 0 Å². The molecule has 3 nitrogen and oxygen atoms in total. The van der Waals surface area contributed by atoms with Gasteiger partial charge in [-0.05, 0) is 53.1 Å². The van der Waals surface area contributed by atoms with E-state index >= 15 is 0 Å². The van der Waals surface area contributed by atoms with Gasteiger partial charge in [0.25, 0.3) is 0 Å². The minimum atomic E-state index is 0.121. The summed E-state index contributed by atoms with van der Waals surface area (Å²) >= 11 is 2.30. The van der Waals surface area contributed by atoms with Crippen LogP contribution in [0.25, 0.3) is 0 Å². The summed E-state index contributed by atoms with van der Waals surface area (Å²) in [6.45, 7) is 7.77. The molecule has 106 valence electrons. The third-order valence-electron chi connectivity index (χ3n) is 2.88. The summed E-state index contributed by atoms with van der Waals surface area (Å²) in [4.78, 5) is 11.6. The van der Waals surface area contributed by atoms with Crippen LogP contribution in [-0.2, 0) is 4.79 Å². The maximum Gasteiger partial charge on any atom is 0.221 e. The summed E-state index contributed by atoms with van der Waals surface area (Å²) < 4.78 is 1.24. The van der Waals surface area contributed by atoms with Crippen LogP contribution in [0.15, 0.2) is 24.3 Å². The molecule has 0 fully saturated rings. The third-order valence-corrected chi connectivity index (χ3v) is 3.60. The van der Waals surface area contributed by atoms with E-state index in [1.54, 1.807) is 0 Å². The van der Waals surface area contributed by atoms with E-state index in [0.29, 0.717) is 18.9 Å². The number of hydrogen-bond donors (Lipinski definition) is 2. The number of halogens is 1. The van der Waals surface area contributed by atoms with Gasteiger partial charge in [0, 0.05) is 29.1 Å². The van der Waals surface area contributed by atoms with Crippen LogP contribution in [0.4, 0.5) is 0 Å². The minimum Gasteiger partial charge on any atom is -0.356 e. The average molecular weight is 374 g/mol. The van der Waals surface area contributed by atoms with Crippen LogP contribution in [0.5, 0.6) is 0 Å². The zero-order valence-electron chi connectivity index (χ0n) is 11.9. The summed E-state index contributed by atoms with van der Waals surface area (Å²) in [6.07, 6.45) is 0.529. The summed E-state index contributed by atoms with van der Waals surface area (Å²) in [6, 6.07) is 8.72. The molecule has 0 aliphatic heterocycles. The molecule has 1 aromatic carbocycles. The van der Waals surface area contributed by atoms with Gasteiger partial charge in [-0.25, -0.2) is 0 Å². The molecule has 0 radical (unpaired) electrons. The Morgan fingerprint density at radius 1 is 1.21 bits per heavy atom. The van der Waals surface area contributed by atoms with E-state index < -0.39 is 0 Å². The lowest BCUT2D eigenvalue weighted by molar-refractivity contribution is -0.121. The second kappa shape index (κ2) is 8.53. The van der Waals surface area contributed by atoms with Crippen molar-refractivity contribution in [3.63, 3.8) is 0 Å². The largest absolute Gasteiger partial charge is 0.356 e. The van der Waals surface area contributed by atoms with Crippen molar-refractivity contribution in [1.82, 2.24) is 10.6 Å². The van der Waals surface area contributed by atoms with E-state index in [4.69, 9.17) is 0 Å². The summed E-state index contributed by atoms with van der Waals surface area (Å²) in [5.74, 6) is 0.624. The molecule has 0 aliphatic carbocycles. The Bertz CT molecular complexity index is 390. The van der Waals surface area contributed by atoms with Gasteiger partial charge in [0.05, 0.1) is 0 Å². The molecule has 1 unspecified atom stereocenters. The lowest BCUT2D eigenvalue weighted by atomic mass is 10.1. The van der Waals surface area contributed by atoms with E-state index in [1.807, 2.05) is 0 Å². The normalized spacial score (nSPS) is 12.5. The Labute approximate surface area is 129 Å². The SMILES string of the molecule is CC(C)CNC(=O)CCNC(C)c1ccc(I)cc1. The fourth-order valence-corrected chi connectivity index (χ4v) is 2.04. The number of carbonyl (C=O) groups is 1. The maximum absolute atomic E-state index is 11.6. The van der Waals surface area contributed by atoms with Gasteiger partial charge in [0.1, 0.15) is 0 Å². The Morgan fingerprint density at radius 3 is 2.42 bits per heavy atom. The van der Waals surface area contributed by atoms with Gasteiger partial charge in [-0.3, -0.25) is 4.79 Å². The van der Waals surface area contributed by atoms with Crippen LogP contribution < -0.4 is 10.6 Å². The molecule has 0 bridgehead atoms. The second-order valence-corrected chi connectivity index (χ2v) is 6.42. The van der Waals surface area contributed by atoms with Crippen molar-refractivity contribution < 1.29 is 4.79 Å². The summed E-state index contributed by atoms with van der Waals surface area (Å²) in [5, 5.41) is 6.30. The van der Waals surface area contributed by atoms with Crippen molar-refractivity contribution in [3.8, 4) is 0 Å². The van der Waals surface area contributed by atoms with Crippen molar-refractivity contribution in [2.45, 2.75) is 33.2 Å². The molecule has 2 N–H and O–H groups in total. The van der Waals surface area contributed by atoms with E-state index in [0.717, 1.165) is 6.54 Å². The van der Waals surface area contributed by atoms with Gasteiger partial charge in [0.15, 0.2) is 0 Å². The van der Waals surface area contributed by atoms with Crippen LogP contribution in [0.2, 0.25) is 0 Å².